The van der Waals surface area contributed by atoms with E-state index in [4.69, 9.17) is 4.98 Å². The molecule has 1 aliphatic heterocycles. The van der Waals surface area contributed by atoms with E-state index in [0.29, 0.717) is 19.5 Å². The highest BCUT2D eigenvalue weighted by atomic mass is 16.2. The normalized spacial score (nSPS) is 13.6. The third kappa shape index (κ3) is 2.93. The molecule has 5 heteroatoms. The van der Waals surface area contributed by atoms with Crippen molar-refractivity contribution in [1.29, 1.82) is 0 Å². The first kappa shape index (κ1) is 14.6. The molecule has 0 saturated heterocycles. The number of hydrogen-bond acceptors (Lipinski definition) is 3. The van der Waals surface area contributed by atoms with E-state index in [2.05, 4.69) is 9.97 Å². The van der Waals surface area contributed by atoms with Crippen molar-refractivity contribution < 1.29 is 4.79 Å². The fraction of sp³-hybridized carbons (Fsp3) is 0.211. The second kappa shape index (κ2) is 6.28. The van der Waals surface area contributed by atoms with Crippen molar-refractivity contribution in [3.05, 3.63) is 71.8 Å². The molecule has 1 amide bonds. The van der Waals surface area contributed by atoms with E-state index >= 15 is 0 Å². The van der Waals surface area contributed by atoms with Crippen LogP contribution < -0.4 is 0 Å². The van der Waals surface area contributed by atoms with E-state index < -0.39 is 0 Å². The van der Waals surface area contributed by atoms with Gasteiger partial charge in [0, 0.05) is 30.9 Å². The van der Waals surface area contributed by atoms with Crippen LogP contribution in [-0.2, 0) is 24.2 Å². The molecule has 0 radical (unpaired) electrons. The molecule has 0 saturated carbocycles. The van der Waals surface area contributed by atoms with Crippen LogP contribution in [0.25, 0.3) is 11.4 Å². The Morgan fingerprint density at radius 2 is 2.04 bits per heavy atom. The van der Waals surface area contributed by atoms with Gasteiger partial charge < -0.3 is 9.88 Å². The van der Waals surface area contributed by atoms with Gasteiger partial charge in [0.25, 0.3) is 0 Å². The van der Waals surface area contributed by atoms with Crippen molar-refractivity contribution in [3.8, 4) is 11.4 Å². The first-order valence-electron chi connectivity index (χ1n) is 8.09. The van der Waals surface area contributed by atoms with Crippen LogP contribution in [0.4, 0.5) is 0 Å². The van der Waals surface area contributed by atoms with Crippen molar-refractivity contribution in [2.24, 2.45) is 0 Å². The lowest BCUT2D eigenvalue weighted by atomic mass is 10.1. The van der Waals surface area contributed by atoms with Gasteiger partial charge in [0.05, 0.1) is 24.4 Å². The number of imidazole rings is 1. The van der Waals surface area contributed by atoms with Crippen LogP contribution in [0.15, 0.2) is 54.9 Å². The van der Waals surface area contributed by atoms with Crippen LogP contribution in [0.1, 0.15) is 17.0 Å². The summed E-state index contributed by atoms with van der Waals surface area (Å²) in [7, 11) is 0. The number of aromatic nitrogens is 3. The number of carbonyl (C=O) groups excluding carboxylic acids is 1. The number of amides is 1. The molecule has 0 spiro atoms. The Kier molecular flexibility index (Phi) is 3.83. The molecule has 24 heavy (non-hydrogen) atoms. The summed E-state index contributed by atoms with van der Waals surface area (Å²) >= 11 is 0. The zero-order valence-electron chi connectivity index (χ0n) is 13.3. The smallest absolute Gasteiger partial charge is 0.227 e. The zero-order chi connectivity index (χ0) is 16.4. The molecule has 120 valence electrons. The quantitative estimate of drug-likeness (QED) is 0.807. The maximum absolute atomic E-state index is 12.5. The summed E-state index contributed by atoms with van der Waals surface area (Å²) in [6.45, 7) is 1.31. The maximum atomic E-state index is 12.5. The number of carbonyl (C=O) groups is 1. The summed E-state index contributed by atoms with van der Waals surface area (Å²) in [6.07, 6.45) is 4.65. The summed E-state index contributed by atoms with van der Waals surface area (Å²) in [5, 5.41) is 0. The molecule has 1 aliphatic rings. The first-order chi connectivity index (χ1) is 11.8. The molecule has 1 aromatic carbocycles. The van der Waals surface area contributed by atoms with Crippen molar-refractivity contribution in [2.75, 3.05) is 6.54 Å². The average molecular weight is 318 g/mol. The SMILES string of the molecule is O=C(Cc1cccnc1)N1CCc2nc(-c3ccccc3)[nH]c2C1. The van der Waals surface area contributed by atoms with Crippen LogP contribution in [0, 0.1) is 0 Å². The van der Waals surface area contributed by atoms with Crippen LogP contribution in [-0.4, -0.2) is 32.3 Å². The Balaban J connectivity index is 1.50. The third-order valence-electron chi connectivity index (χ3n) is 4.31. The van der Waals surface area contributed by atoms with Crippen molar-refractivity contribution in [1.82, 2.24) is 19.9 Å². The number of rotatable bonds is 3. The van der Waals surface area contributed by atoms with Gasteiger partial charge in [-0.25, -0.2) is 4.98 Å². The first-order valence-corrected chi connectivity index (χ1v) is 8.09. The summed E-state index contributed by atoms with van der Waals surface area (Å²) in [5.41, 5.74) is 4.13. The zero-order valence-corrected chi connectivity index (χ0v) is 13.3. The van der Waals surface area contributed by atoms with Crippen LogP contribution in [0.2, 0.25) is 0 Å². The Labute approximate surface area is 140 Å². The molecule has 5 nitrogen and oxygen atoms in total. The molecule has 1 N–H and O–H groups in total. The largest absolute Gasteiger partial charge is 0.340 e. The molecular weight excluding hydrogens is 300 g/mol. The van der Waals surface area contributed by atoms with Gasteiger partial charge in [0.2, 0.25) is 5.91 Å². The summed E-state index contributed by atoms with van der Waals surface area (Å²) in [5.74, 6) is 1.01. The summed E-state index contributed by atoms with van der Waals surface area (Å²) < 4.78 is 0. The second-order valence-corrected chi connectivity index (χ2v) is 5.98. The van der Waals surface area contributed by atoms with Crippen molar-refractivity contribution in [2.45, 2.75) is 19.4 Å². The van der Waals surface area contributed by atoms with Gasteiger partial charge in [-0.3, -0.25) is 9.78 Å². The maximum Gasteiger partial charge on any atom is 0.227 e. The number of nitrogens with zero attached hydrogens (tertiary/aromatic N) is 3. The van der Waals surface area contributed by atoms with Gasteiger partial charge in [-0.05, 0) is 11.6 Å². The predicted octanol–water partition coefficient (Wildman–Crippen LogP) is 2.60. The Morgan fingerprint density at radius 3 is 2.83 bits per heavy atom. The van der Waals surface area contributed by atoms with E-state index in [0.717, 1.165) is 34.8 Å². The number of pyridine rings is 1. The minimum Gasteiger partial charge on any atom is -0.340 e. The topological polar surface area (TPSA) is 61.9 Å². The van der Waals surface area contributed by atoms with E-state index in [1.807, 2.05) is 47.4 Å². The van der Waals surface area contributed by atoms with Crippen molar-refractivity contribution in [3.63, 3.8) is 0 Å². The fourth-order valence-electron chi connectivity index (χ4n) is 3.03. The summed E-state index contributed by atoms with van der Waals surface area (Å²) in [4.78, 5) is 26.6. The van der Waals surface area contributed by atoms with E-state index in [-0.39, 0.29) is 5.91 Å². The molecule has 4 rings (SSSR count). The molecule has 0 bridgehead atoms. The fourth-order valence-corrected chi connectivity index (χ4v) is 3.03. The Bertz CT molecular complexity index is 842. The average Bonchev–Trinajstić information content (AvgIpc) is 3.06. The molecule has 3 heterocycles. The third-order valence-corrected chi connectivity index (χ3v) is 4.31. The standard InChI is InChI=1S/C19H18N4O/c24-18(11-14-5-4-9-20-12-14)23-10-8-16-17(13-23)22-19(21-16)15-6-2-1-3-7-15/h1-7,9,12H,8,10-11,13H2,(H,21,22). The van der Waals surface area contributed by atoms with E-state index in [9.17, 15) is 4.79 Å². The van der Waals surface area contributed by atoms with Crippen LogP contribution in [0.3, 0.4) is 0 Å². The molecular formula is C19H18N4O. The Hall–Kier alpha value is -2.95. The van der Waals surface area contributed by atoms with E-state index in [1.165, 1.54) is 0 Å². The highest BCUT2D eigenvalue weighted by molar-refractivity contribution is 5.79. The highest BCUT2D eigenvalue weighted by Crippen LogP contribution is 2.23. The minimum atomic E-state index is 0.129. The number of aromatic amines is 1. The lowest BCUT2D eigenvalue weighted by molar-refractivity contribution is -0.131. The molecule has 0 aliphatic carbocycles. The van der Waals surface area contributed by atoms with Gasteiger partial charge in [-0.1, -0.05) is 36.4 Å². The van der Waals surface area contributed by atoms with Gasteiger partial charge >= 0.3 is 0 Å². The van der Waals surface area contributed by atoms with Crippen LogP contribution in [0.5, 0.6) is 0 Å². The number of benzene rings is 1. The number of H-pyrrole nitrogens is 1. The molecule has 0 fully saturated rings. The lowest BCUT2D eigenvalue weighted by Crippen LogP contribution is -2.37. The number of hydrogen-bond donors (Lipinski definition) is 1. The van der Waals surface area contributed by atoms with Gasteiger partial charge in [-0.2, -0.15) is 0 Å². The number of nitrogens with one attached hydrogen (secondary N) is 1. The second-order valence-electron chi connectivity index (χ2n) is 5.98. The predicted molar refractivity (Wildman–Crippen MR) is 91.1 cm³/mol. The van der Waals surface area contributed by atoms with Gasteiger partial charge in [0.1, 0.15) is 5.82 Å². The lowest BCUT2D eigenvalue weighted by Gasteiger charge is -2.26. The molecule has 2 aromatic heterocycles. The minimum absolute atomic E-state index is 0.129. The van der Waals surface area contributed by atoms with Crippen molar-refractivity contribution >= 4 is 5.91 Å². The molecule has 0 atom stereocenters. The molecule has 3 aromatic rings. The highest BCUT2D eigenvalue weighted by Gasteiger charge is 2.24. The summed E-state index contributed by atoms with van der Waals surface area (Å²) in [6, 6.07) is 13.9. The van der Waals surface area contributed by atoms with Gasteiger partial charge in [0.15, 0.2) is 0 Å². The van der Waals surface area contributed by atoms with E-state index in [1.54, 1.807) is 12.4 Å². The Morgan fingerprint density at radius 1 is 1.17 bits per heavy atom. The van der Waals surface area contributed by atoms with Gasteiger partial charge in [-0.15, -0.1) is 0 Å². The van der Waals surface area contributed by atoms with Crippen LogP contribution >= 0.6 is 0 Å². The number of fused-ring (bicyclic) bond motifs is 1. The monoisotopic (exact) mass is 318 g/mol. The molecule has 0 unspecified atom stereocenters.